The highest BCUT2D eigenvalue weighted by Gasteiger charge is 2.42. The SMILES string of the molecule is CCCCCCCCCCCCOCCOCCOCCOCCOCCOCCOCCOCCOCCOCCOC(=O)N1C[C@@H](P(c2ccccc2)c2ccccc2)C[C@H]1CP(c1ccccc1)c1ccccc1. The second-order valence-electron chi connectivity index (χ2n) is 18.9. The average Bonchev–Trinajstić information content (AvgIpc) is 3.90. The van der Waals surface area contributed by atoms with Crippen molar-refractivity contribution in [3.8, 4) is 0 Å². The molecule has 4 aromatic rings. The van der Waals surface area contributed by atoms with E-state index in [9.17, 15) is 4.79 Å². The van der Waals surface area contributed by atoms with Crippen LogP contribution in [0, 0.1) is 0 Å². The fraction of sp³-hybridized carbons (Fsp3) is 0.597. The average molecular weight is 1110 g/mol. The van der Waals surface area contributed by atoms with Crippen molar-refractivity contribution in [1.82, 2.24) is 4.90 Å². The summed E-state index contributed by atoms with van der Waals surface area (Å²) in [5.74, 6) is 0. The van der Waals surface area contributed by atoms with Crippen molar-refractivity contribution < 1.29 is 56.9 Å². The molecule has 2 atom stereocenters. The Hall–Kier alpha value is -3.39. The van der Waals surface area contributed by atoms with Gasteiger partial charge in [-0.1, -0.05) is 186 Å². The molecule has 77 heavy (non-hydrogen) atoms. The third-order valence-electron chi connectivity index (χ3n) is 13.0. The third kappa shape index (κ3) is 29.1. The number of nitrogens with zero attached hydrogens (tertiary/aromatic N) is 1. The van der Waals surface area contributed by atoms with Crippen LogP contribution in [-0.4, -0.2) is 174 Å². The summed E-state index contributed by atoms with van der Waals surface area (Å²) in [6.45, 7) is 13.3. The van der Waals surface area contributed by atoms with Crippen LogP contribution in [0.4, 0.5) is 4.79 Å². The maximum Gasteiger partial charge on any atom is 0.410 e. The lowest BCUT2D eigenvalue weighted by Gasteiger charge is -2.28. The van der Waals surface area contributed by atoms with Gasteiger partial charge in [-0.15, -0.1) is 0 Å². The zero-order valence-electron chi connectivity index (χ0n) is 46.5. The zero-order valence-corrected chi connectivity index (χ0v) is 48.3. The smallest absolute Gasteiger partial charge is 0.410 e. The summed E-state index contributed by atoms with van der Waals surface area (Å²) >= 11 is 0. The molecule has 1 aliphatic rings. The first-order valence-electron chi connectivity index (χ1n) is 28.7. The van der Waals surface area contributed by atoms with Crippen LogP contribution in [0.3, 0.4) is 0 Å². The normalized spacial score (nSPS) is 14.6. The van der Waals surface area contributed by atoms with Crippen molar-refractivity contribution >= 4 is 43.2 Å². The van der Waals surface area contributed by atoms with Gasteiger partial charge in [0.2, 0.25) is 0 Å². The monoisotopic (exact) mass is 1110 g/mol. The largest absolute Gasteiger partial charge is 0.447 e. The van der Waals surface area contributed by atoms with Crippen molar-refractivity contribution in [2.75, 3.05) is 151 Å². The fourth-order valence-corrected chi connectivity index (χ4v) is 14.5. The molecule has 0 spiro atoms. The molecular formula is C62H93NO12P2. The van der Waals surface area contributed by atoms with Gasteiger partial charge in [0, 0.05) is 24.9 Å². The van der Waals surface area contributed by atoms with E-state index in [1.807, 2.05) is 4.90 Å². The van der Waals surface area contributed by atoms with Crippen LogP contribution in [0.2, 0.25) is 0 Å². The second kappa shape index (κ2) is 44.4. The quantitative estimate of drug-likeness (QED) is 0.0309. The number of likely N-dealkylation sites (tertiary alicyclic amines) is 1. The Morgan fingerprint density at radius 1 is 0.390 bits per heavy atom. The van der Waals surface area contributed by atoms with Crippen molar-refractivity contribution in [3.63, 3.8) is 0 Å². The first-order valence-corrected chi connectivity index (χ1v) is 31.7. The first-order chi connectivity index (χ1) is 38.2. The number of benzene rings is 4. The van der Waals surface area contributed by atoms with E-state index in [4.69, 9.17) is 52.1 Å². The van der Waals surface area contributed by atoms with Gasteiger partial charge in [-0.2, -0.15) is 0 Å². The van der Waals surface area contributed by atoms with Gasteiger partial charge in [0.25, 0.3) is 0 Å². The van der Waals surface area contributed by atoms with E-state index in [2.05, 4.69) is 128 Å². The highest BCUT2D eigenvalue weighted by molar-refractivity contribution is 7.74. The van der Waals surface area contributed by atoms with E-state index >= 15 is 0 Å². The van der Waals surface area contributed by atoms with Gasteiger partial charge in [0.05, 0.1) is 126 Å². The van der Waals surface area contributed by atoms with E-state index in [1.165, 1.54) is 79.0 Å². The minimum atomic E-state index is -0.719. The molecule has 13 nitrogen and oxygen atoms in total. The lowest BCUT2D eigenvalue weighted by Crippen LogP contribution is -2.39. The van der Waals surface area contributed by atoms with Crippen molar-refractivity contribution in [2.45, 2.75) is 89.3 Å². The van der Waals surface area contributed by atoms with E-state index in [0.29, 0.717) is 132 Å². The third-order valence-corrected chi connectivity index (χ3v) is 18.5. The Kier molecular flexibility index (Phi) is 37.1. The van der Waals surface area contributed by atoms with Crippen LogP contribution in [0.5, 0.6) is 0 Å². The highest BCUT2D eigenvalue weighted by atomic mass is 31.1. The summed E-state index contributed by atoms with van der Waals surface area (Å²) in [6.07, 6.45) is 14.9. The summed E-state index contributed by atoms with van der Waals surface area (Å²) in [5.41, 5.74) is 0.281. The molecule has 0 N–H and O–H groups in total. The van der Waals surface area contributed by atoms with E-state index in [1.54, 1.807) is 0 Å². The molecule has 0 bridgehead atoms. The van der Waals surface area contributed by atoms with E-state index in [-0.39, 0.29) is 24.4 Å². The number of carbonyl (C=O) groups is 1. The predicted molar refractivity (Wildman–Crippen MR) is 313 cm³/mol. The molecule has 0 aromatic heterocycles. The Balaban J connectivity index is 0.802. The van der Waals surface area contributed by atoms with Crippen LogP contribution in [0.1, 0.15) is 77.6 Å². The maximum absolute atomic E-state index is 14.0. The van der Waals surface area contributed by atoms with Gasteiger partial charge in [0.1, 0.15) is 6.61 Å². The van der Waals surface area contributed by atoms with Crippen LogP contribution in [0.25, 0.3) is 0 Å². The van der Waals surface area contributed by atoms with Crippen LogP contribution in [-0.2, 0) is 52.1 Å². The number of ether oxygens (including phenoxy) is 11. The minimum absolute atomic E-state index is 0.0244. The molecule has 1 amide bonds. The Bertz CT molecular complexity index is 1880. The predicted octanol–water partition coefficient (Wildman–Crippen LogP) is 9.92. The number of rotatable bonds is 48. The molecule has 0 radical (unpaired) electrons. The van der Waals surface area contributed by atoms with Crippen molar-refractivity contribution in [1.29, 1.82) is 0 Å². The van der Waals surface area contributed by atoms with Gasteiger partial charge in [-0.05, 0) is 56.1 Å². The van der Waals surface area contributed by atoms with Gasteiger partial charge in [-0.3, -0.25) is 0 Å². The number of carbonyl (C=O) groups excluding carboxylic acids is 1. The second-order valence-corrected chi connectivity index (χ2v) is 23.7. The lowest BCUT2D eigenvalue weighted by atomic mass is 10.1. The van der Waals surface area contributed by atoms with Crippen LogP contribution in [0.15, 0.2) is 121 Å². The number of unbranched alkanes of at least 4 members (excludes halogenated alkanes) is 9. The summed E-state index contributed by atoms with van der Waals surface area (Å²) in [7, 11) is -1.43. The summed E-state index contributed by atoms with van der Waals surface area (Å²) < 4.78 is 62.2. The number of hydrogen-bond donors (Lipinski definition) is 0. The molecule has 1 heterocycles. The van der Waals surface area contributed by atoms with Crippen LogP contribution < -0.4 is 21.2 Å². The molecule has 1 saturated heterocycles. The molecule has 428 valence electrons. The van der Waals surface area contributed by atoms with Crippen molar-refractivity contribution in [2.24, 2.45) is 0 Å². The fourth-order valence-electron chi connectivity index (χ4n) is 9.05. The van der Waals surface area contributed by atoms with Gasteiger partial charge >= 0.3 is 6.09 Å². The van der Waals surface area contributed by atoms with Crippen molar-refractivity contribution in [3.05, 3.63) is 121 Å². The van der Waals surface area contributed by atoms with E-state index < -0.39 is 15.8 Å². The minimum Gasteiger partial charge on any atom is -0.447 e. The summed E-state index contributed by atoms with van der Waals surface area (Å²) in [5, 5.41) is 5.28. The zero-order chi connectivity index (χ0) is 53.7. The summed E-state index contributed by atoms with van der Waals surface area (Å²) in [6, 6.07) is 43.1. The molecule has 0 aliphatic carbocycles. The summed E-state index contributed by atoms with van der Waals surface area (Å²) in [4.78, 5) is 16.1. The Labute approximate surface area is 465 Å². The van der Waals surface area contributed by atoms with Gasteiger partial charge in [-0.25, -0.2) is 4.79 Å². The van der Waals surface area contributed by atoms with E-state index in [0.717, 1.165) is 25.6 Å². The molecule has 1 fully saturated rings. The molecule has 0 unspecified atom stereocenters. The van der Waals surface area contributed by atoms with Crippen LogP contribution >= 0.6 is 15.8 Å². The number of hydrogen-bond acceptors (Lipinski definition) is 12. The molecule has 15 heteroatoms. The first kappa shape index (κ1) is 64.4. The van der Waals surface area contributed by atoms with Gasteiger partial charge < -0.3 is 57.0 Å². The number of amides is 1. The molecule has 1 aliphatic heterocycles. The molecule has 0 saturated carbocycles. The topological polar surface area (TPSA) is 122 Å². The maximum atomic E-state index is 14.0. The van der Waals surface area contributed by atoms with Gasteiger partial charge in [0.15, 0.2) is 0 Å². The molecule has 4 aromatic carbocycles. The highest BCUT2D eigenvalue weighted by Crippen LogP contribution is 2.48. The Morgan fingerprint density at radius 2 is 0.688 bits per heavy atom. The Morgan fingerprint density at radius 3 is 1.04 bits per heavy atom. The molecular weight excluding hydrogens is 1010 g/mol. The lowest BCUT2D eigenvalue weighted by molar-refractivity contribution is -0.0270. The standard InChI is InChI=1S/C62H93NO12P2/c1-2-3-4-5-6-7-8-9-10-23-32-65-33-34-66-35-36-67-37-38-68-39-40-69-41-42-70-43-44-71-45-46-72-47-48-73-49-50-74-51-52-75-62(64)63-54-61(77(59-28-19-13-20-29-59)60-30-21-14-22-31-60)53-56(63)55-76(57-24-15-11-16-25-57)58-26-17-12-18-27-58/h11-22,24-31,56,61H,2-10,23,32-55H2,1H3/t56-,61-/m0/s1. The molecule has 5 rings (SSSR count).